The lowest BCUT2D eigenvalue weighted by Crippen LogP contribution is -2.33. The Balaban J connectivity index is 1.46. The molecular weight excluding hydrogens is 560 g/mol. The van der Waals surface area contributed by atoms with Gasteiger partial charge in [-0.1, -0.05) is 52.4 Å². The summed E-state index contributed by atoms with van der Waals surface area (Å²) in [4.78, 5) is 36.8. The molecule has 0 aromatic heterocycles. The van der Waals surface area contributed by atoms with Gasteiger partial charge in [-0.25, -0.2) is 4.79 Å². The number of carbonyl (C=O) groups is 3. The monoisotopic (exact) mass is 610 g/mol. The number of carbonyl (C=O) groups excluding carboxylic acids is 3. The van der Waals surface area contributed by atoms with Crippen molar-refractivity contribution in [2.24, 2.45) is 0 Å². The van der Waals surface area contributed by atoms with Crippen molar-refractivity contribution >= 4 is 17.5 Å². The van der Waals surface area contributed by atoms with Crippen molar-refractivity contribution in [1.29, 1.82) is 0 Å². The standard InChI is InChI=1S/C36H50O8/c1-5-7-8-9-10-12-22-43-36(40)32-18-16-27-23-30(26(4)38)34(24-33(27)44-32)42-21-14-11-13-20-41-31-19-17-28(25(3)37)35(39)29(31)15-6-2/h17,19,23-24,32,39H,5-16,18,20-22H2,1-4H3/t32-/m1/s1. The van der Waals surface area contributed by atoms with Gasteiger partial charge in [0, 0.05) is 11.6 Å². The lowest BCUT2D eigenvalue weighted by molar-refractivity contribution is -0.152. The first-order chi connectivity index (χ1) is 21.3. The van der Waals surface area contributed by atoms with E-state index in [-0.39, 0.29) is 23.3 Å². The highest BCUT2D eigenvalue weighted by atomic mass is 16.6. The maximum absolute atomic E-state index is 12.6. The van der Waals surface area contributed by atoms with Crippen LogP contribution in [0.25, 0.3) is 0 Å². The molecule has 242 valence electrons. The number of benzene rings is 2. The third-order valence-electron chi connectivity index (χ3n) is 7.92. The molecule has 0 bridgehead atoms. The highest BCUT2D eigenvalue weighted by molar-refractivity contribution is 5.98. The number of aromatic hydroxyl groups is 1. The van der Waals surface area contributed by atoms with Crippen LogP contribution < -0.4 is 14.2 Å². The minimum absolute atomic E-state index is 0.0110. The normalized spacial score (nSPS) is 14.0. The zero-order valence-corrected chi connectivity index (χ0v) is 27.0. The second-order valence-electron chi connectivity index (χ2n) is 11.6. The van der Waals surface area contributed by atoms with Crippen LogP contribution >= 0.6 is 0 Å². The van der Waals surface area contributed by atoms with Gasteiger partial charge in [-0.15, -0.1) is 0 Å². The van der Waals surface area contributed by atoms with Crippen LogP contribution in [0.3, 0.4) is 0 Å². The molecule has 1 aliphatic heterocycles. The summed E-state index contributed by atoms with van der Waals surface area (Å²) in [5.41, 5.74) is 2.39. The third kappa shape index (κ3) is 10.3. The number of hydrogen-bond acceptors (Lipinski definition) is 8. The van der Waals surface area contributed by atoms with Crippen LogP contribution in [0.15, 0.2) is 24.3 Å². The summed E-state index contributed by atoms with van der Waals surface area (Å²) >= 11 is 0. The van der Waals surface area contributed by atoms with Gasteiger partial charge in [0.15, 0.2) is 17.7 Å². The van der Waals surface area contributed by atoms with E-state index in [0.717, 1.165) is 50.5 Å². The molecule has 0 spiro atoms. The van der Waals surface area contributed by atoms with E-state index in [2.05, 4.69) is 6.92 Å². The van der Waals surface area contributed by atoms with Gasteiger partial charge in [0.2, 0.25) is 0 Å². The molecule has 2 aromatic rings. The number of Topliss-reactive ketones (excluding diaryl/α,β-unsaturated/α-hetero) is 2. The Bertz CT molecular complexity index is 1250. The number of aryl methyl sites for hydroxylation is 1. The van der Waals surface area contributed by atoms with E-state index in [1.165, 1.54) is 33.1 Å². The van der Waals surface area contributed by atoms with Crippen LogP contribution in [0, 0.1) is 0 Å². The third-order valence-corrected chi connectivity index (χ3v) is 7.92. The van der Waals surface area contributed by atoms with Gasteiger partial charge >= 0.3 is 5.97 Å². The summed E-state index contributed by atoms with van der Waals surface area (Å²) < 4.78 is 23.5. The van der Waals surface area contributed by atoms with Gasteiger partial charge in [0.1, 0.15) is 23.0 Å². The fraction of sp³-hybridized carbons (Fsp3) is 0.583. The summed E-state index contributed by atoms with van der Waals surface area (Å²) in [5.74, 6) is 1.04. The van der Waals surface area contributed by atoms with E-state index in [4.69, 9.17) is 18.9 Å². The topological polar surface area (TPSA) is 108 Å². The van der Waals surface area contributed by atoms with Crippen LogP contribution in [-0.2, 0) is 22.4 Å². The number of fused-ring (bicyclic) bond motifs is 1. The molecule has 0 aliphatic carbocycles. The van der Waals surface area contributed by atoms with Crippen molar-refractivity contribution in [3.63, 3.8) is 0 Å². The molecule has 1 N–H and O–H groups in total. The summed E-state index contributed by atoms with van der Waals surface area (Å²) in [5, 5.41) is 10.5. The second kappa shape index (κ2) is 18.3. The number of phenols is 1. The molecule has 1 heterocycles. The second-order valence-corrected chi connectivity index (χ2v) is 11.6. The number of phenolic OH excluding ortho intramolecular Hbond substituents is 1. The minimum Gasteiger partial charge on any atom is -0.507 e. The Labute approximate surface area is 262 Å². The predicted molar refractivity (Wildman–Crippen MR) is 170 cm³/mol. The minimum atomic E-state index is -0.656. The average molecular weight is 611 g/mol. The summed E-state index contributed by atoms with van der Waals surface area (Å²) in [7, 11) is 0. The molecule has 44 heavy (non-hydrogen) atoms. The molecule has 8 nitrogen and oxygen atoms in total. The number of rotatable bonds is 20. The van der Waals surface area contributed by atoms with Crippen LogP contribution in [0.5, 0.6) is 23.0 Å². The van der Waals surface area contributed by atoms with Gasteiger partial charge < -0.3 is 24.1 Å². The van der Waals surface area contributed by atoms with Gasteiger partial charge in [0.05, 0.1) is 30.9 Å². The van der Waals surface area contributed by atoms with Crippen LogP contribution in [0.4, 0.5) is 0 Å². The van der Waals surface area contributed by atoms with E-state index in [9.17, 15) is 19.5 Å². The van der Waals surface area contributed by atoms with E-state index in [1.54, 1.807) is 18.2 Å². The molecule has 8 heteroatoms. The molecule has 0 amide bonds. The molecule has 0 fully saturated rings. The lowest BCUT2D eigenvalue weighted by atomic mass is 9.98. The highest BCUT2D eigenvalue weighted by Gasteiger charge is 2.29. The SMILES string of the molecule is CCCCCCCCOC(=O)[C@H]1CCc2cc(C(C)=O)c(OCCCCCOc3ccc(C(C)=O)c(O)c3CCC)cc2O1. The van der Waals surface area contributed by atoms with E-state index < -0.39 is 6.10 Å². The maximum Gasteiger partial charge on any atom is 0.347 e. The van der Waals surface area contributed by atoms with Crippen molar-refractivity contribution < 1.29 is 38.4 Å². The Hall–Kier alpha value is -3.55. The average Bonchev–Trinajstić information content (AvgIpc) is 3.00. The van der Waals surface area contributed by atoms with Gasteiger partial charge in [0.25, 0.3) is 0 Å². The van der Waals surface area contributed by atoms with Crippen LogP contribution in [-0.4, -0.2) is 48.6 Å². The summed E-state index contributed by atoms with van der Waals surface area (Å²) in [6.45, 7) is 8.46. The smallest absolute Gasteiger partial charge is 0.347 e. The van der Waals surface area contributed by atoms with Gasteiger partial charge in [-0.3, -0.25) is 9.59 Å². The van der Waals surface area contributed by atoms with Crippen LogP contribution in [0.1, 0.15) is 130 Å². The molecule has 0 saturated heterocycles. The number of ketones is 2. The van der Waals surface area contributed by atoms with Crippen molar-refractivity contribution in [3.8, 4) is 23.0 Å². The lowest BCUT2D eigenvalue weighted by Gasteiger charge is -2.26. The Kier molecular flexibility index (Phi) is 14.5. The maximum atomic E-state index is 12.6. The number of hydrogen-bond donors (Lipinski definition) is 1. The van der Waals surface area contributed by atoms with E-state index >= 15 is 0 Å². The Morgan fingerprint density at radius 1 is 0.795 bits per heavy atom. The molecule has 3 rings (SSSR count). The first-order valence-corrected chi connectivity index (χ1v) is 16.4. The molecule has 1 atom stereocenters. The van der Waals surface area contributed by atoms with E-state index in [1.807, 2.05) is 13.0 Å². The molecule has 0 saturated carbocycles. The molecule has 1 aliphatic rings. The molecular formula is C36H50O8. The quantitative estimate of drug-likeness (QED) is 0.0913. The van der Waals surface area contributed by atoms with Crippen molar-refractivity contribution in [1.82, 2.24) is 0 Å². The van der Waals surface area contributed by atoms with Gasteiger partial charge in [-0.2, -0.15) is 0 Å². The van der Waals surface area contributed by atoms with Crippen LogP contribution in [0.2, 0.25) is 0 Å². The zero-order chi connectivity index (χ0) is 31.9. The summed E-state index contributed by atoms with van der Waals surface area (Å²) in [6, 6.07) is 6.91. The molecule has 0 radical (unpaired) electrons. The Morgan fingerprint density at radius 2 is 1.43 bits per heavy atom. The number of esters is 1. The first-order valence-electron chi connectivity index (χ1n) is 16.4. The predicted octanol–water partition coefficient (Wildman–Crippen LogP) is 7.98. The fourth-order valence-corrected chi connectivity index (χ4v) is 5.39. The largest absolute Gasteiger partial charge is 0.507 e. The zero-order valence-electron chi connectivity index (χ0n) is 27.0. The van der Waals surface area contributed by atoms with E-state index in [0.29, 0.717) is 73.0 Å². The highest BCUT2D eigenvalue weighted by Crippen LogP contribution is 2.36. The van der Waals surface area contributed by atoms with Crippen molar-refractivity contribution in [2.45, 2.75) is 117 Å². The van der Waals surface area contributed by atoms with Crippen molar-refractivity contribution in [3.05, 3.63) is 46.5 Å². The number of unbranched alkanes of at least 4 members (excludes halogenated alkanes) is 7. The van der Waals surface area contributed by atoms with Crippen molar-refractivity contribution in [2.75, 3.05) is 19.8 Å². The molecule has 0 unspecified atom stereocenters. The first kappa shape index (κ1) is 34.9. The fourth-order valence-electron chi connectivity index (χ4n) is 5.39. The Morgan fingerprint density at radius 3 is 2.11 bits per heavy atom. The number of ether oxygens (including phenoxy) is 4. The molecule has 2 aromatic carbocycles. The van der Waals surface area contributed by atoms with Gasteiger partial charge in [-0.05, 0) is 82.6 Å². The summed E-state index contributed by atoms with van der Waals surface area (Å²) in [6.07, 6.45) is 11.1.